The number of oxazole rings is 1. The van der Waals surface area contributed by atoms with Crippen molar-refractivity contribution in [1.29, 1.82) is 0 Å². The number of nitrogens with zero attached hydrogens (tertiary/aromatic N) is 5. The van der Waals surface area contributed by atoms with Gasteiger partial charge >= 0.3 is 0 Å². The van der Waals surface area contributed by atoms with Gasteiger partial charge in [-0.15, -0.1) is 11.3 Å². The van der Waals surface area contributed by atoms with Crippen molar-refractivity contribution in [2.24, 2.45) is 0 Å². The Bertz CT molecular complexity index is 1060. The van der Waals surface area contributed by atoms with Crippen LogP contribution in [0.1, 0.15) is 16.1 Å². The summed E-state index contributed by atoms with van der Waals surface area (Å²) in [6, 6.07) is 3.83. The van der Waals surface area contributed by atoms with Gasteiger partial charge in [0.1, 0.15) is 12.0 Å². The van der Waals surface area contributed by atoms with Gasteiger partial charge in [-0.05, 0) is 18.6 Å². The first-order valence-corrected chi connectivity index (χ1v) is 8.49. The minimum absolute atomic E-state index is 0.0784. The molecule has 26 heavy (non-hydrogen) atoms. The van der Waals surface area contributed by atoms with Gasteiger partial charge < -0.3 is 4.42 Å². The third kappa shape index (κ3) is 3.20. The Morgan fingerprint density at radius 1 is 1.19 bits per heavy atom. The minimum Gasteiger partial charge on any atom is -0.431 e. The first-order valence-electron chi connectivity index (χ1n) is 7.61. The Morgan fingerprint density at radius 2 is 2.04 bits per heavy atom. The van der Waals surface area contributed by atoms with Crippen LogP contribution >= 0.6 is 11.3 Å². The van der Waals surface area contributed by atoms with Gasteiger partial charge in [-0.25, -0.2) is 19.9 Å². The average molecular weight is 364 g/mol. The zero-order valence-electron chi connectivity index (χ0n) is 13.6. The smallest absolute Gasteiger partial charge is 0.294 e. The highest BCUT2D eigenvalue weighted by Crippen LogP contribution is 2.26. The highest BCUT2D eigenvalue weighted by atomic mass is 32.1. The van der Waals surface area contributed by atoms with Gasteiger partial charge in [-0.1, -0.05) is 6.07 Å². The zero-order chi connectivity index (χ0) is 17.9. The summed E-state index contributed by atoms with van der Waals surface area (Å²) in [6.45, 7) is 1.96. The van der Waals surface area contributed by atoms with Crippen LogP contribution in [0.2, 0.25) is 0 Å². The first kappa shape index (κ1) is 16.0. The summed E-state index contributed by atoms with van der Waals surface area (Å²) in [5, 5.41) is 5.01. The predicted molar refractivity (Wildman–Crippen MR) is 95.6 cm³/mol. The zero-order valence-corrected chi connectivity index (χ0v) is 14.4. The van der Waals surface area contributed by atoms with Crippen molar-refractivity contribution >= 4 is 22.4 Å². The molecular formula is C17H12N6O2S. The summed E-state index contributed by atoms with van der Waals surface area (Å²) in [7, 11) is 0. The van der Waals surface area contributed by atoms with E-state index in [0.29, 0.717) is 16.4 Å². The molecule has 0 bridgehead atoms. The maximum absolute atomic E-state index is 12.3. The maximum atomic E-state index is 12.3. The molecule has 4 aromatic heterocycles. The Hall–Kier alpha value is -3.46. The molecule has 4 aromatic rings. The van der Waals surface area contributed by atoms with E-state index in [1.54, 1.807) is 18.6 Å². The fourth-order valence-electron chi connectivity index (χ4n) is 2.27. The van der Waals surface area contributed by atoms with Crippen LogP contribution in [0.25, 0.3) is 22.8 Å². The highest BCUT2D eigenvalue weighted by molar-refractivity contribution is 7.14. The van der Waals surface area contributed by atoms with E-state index in [1.165, 1.54) is 23.9 Å². The third-order valence-electron chi connectivity index (χ3n) is 3.51. The largest absolute Gasteiger partial charge is 0.431 e. The molecular weight excluding hydrogens is 352 g/mol. The Morgan fingerprint density at radius 3 is 2.85 bits per heavy atom. The van der Waals surface area contributed by atoms with Crippen molar-refractivity contribution < 1.29 is 9.21 Å². The standard InChI is InChI=1S/C17H12N6O2S/c1-10-3-2-4-20-14(10)12-8-26-17(22-12)23-15(24)13-7-21-16(25-13)11-5-18-9-19-6-11/h2-9H,1H3,(H,22,23,24). The molecule has 0 aliphatic rings. The number of aromatic nitrogens is 5. The monoisotopic (exact) mass is 364 g/mol. The van der Waals surface area contributed by atoms with Crippen LogP contribution in [0.15, 0.2) is 53.0 Å². The van der Waals surface area contributed by atoms with Crippen molar-refractivity contribution in [2.45, 2.75) is 6.92 Å². The first-order chi connectivity index (χ1) is 12.7. The molecule has 0 unspecified atom stereocenters. The number of amides is 1. The van der Waals surface area contributed by atoms with Crippen LogP contribution in [-0.2, 0) is 0 Å². The number of nitrogens with one attached hydrogen (secondary N) is 1. The molecule has 0 fully saturated rings. The van der Waals surface area contributed by atoms with Crippen LogP contribution in [-0.4, -0.2) is 30.8 Å². The van der Waals surface area contributed by atoms with Crippen molar-refractivity contribution in [3.8, 4) is 22.8 Å². The summed E-state index contributed by atoms with van der Waals surface area (Å²) in [6.07, 6.45) is 7.59. The molecule has 0 saturated heterocycles. The molecule has 4 rings (SSSR count). The molecule has 1 amide bonds. The van der Waals surface area contributed by atoms with Gasteiger partial charge in [0.25, 0.3) is 5.91 Å². The van der Waals surface area contributed by atoms with Gasteiger partial charge in [-0.2, -0.15) is 0 Å². The van der Waals surface area contributed by atoms with Crippen LogP contribution in [0, 0.1) is 6.92 Å². The number of anilines is 1. The summed E-state index contributed by atoms with van der Waals surface area (Å²) >= 11 is 1.31. The van der Waals surface area contributed by atoms with E-state index in [1.807, 2.05) is 24.4 Å². The van der Waals surface area contributed by atoms with Gasteiger partial charge in [0, 0.05) is 24.0 Å². The second-order valence-corrected chi connectivity index (χ2v) is 6.18. The topological polar surface area (TPSA) is 107 Å². The van der Waals surface area contributed by atoms with E-state index in [4.69, 9.17) is 4.42 Å². The second kappa shape index (κ2) is 6.81. The number of aryl methyl sites for hydroxylation is 1. The number of pyridine rings is 1. The number of carbonyl (C=O) groups is 1. The van der Waals surface area contributed by atoms with Crippen LogP contribution in [0.5, 0.6) is 0 Å². The number of carbonyl (C=O) groups excluding carboxylic acids is 1. The fraction of sp³-hybridized carbons (Fsp3) is 0.0588. The van der Waals surface area contributed by atoms with Gasteiger partial charge in [0.15, 0.2) is 5.13 Å². The van der Waals surface area contributed by atoms with Gasteiger partial charge in [0.05, 0.1) is 17.5 Å². The number of hydrogen-bond acceptors (Lipinski definition) is 8. The molecule has 0 atom stereocenters. The van der Waals surface area contributed by atoms with E-state index in [0.717, 1.165) is 11.3 Å². The predicted octanol–water partition coefficient (Wildman–Crippen LogP) is 3.21. The van der Waals surface area contributed by atoms with Crippen molar-refractivity contribution in [3.05, 3.63) is 60.0 Å². The lowest BCUT2D eigenvalue weighted by molar-refractivity contribution is 0.0997. The van der Waals surface area contributed by atoms with Crippen LogP contribution < -0.4 is 5.32 Å². The molecule has 128 valence electrons. The molecule has 9 heteroatoms. The molecule has 8 nitrogen and oxygen atoms in total. The van der Waals surface area contributed by atoms with Crippen LogP contribution in [0.4, 0.5) is 5.13 Å². The van der Waals surface area contributed by atoms with E-state index < -0.39 is 5.91 Å². The Labute approximate surface area is 152 Å². The van der Waals surface area contributed by atoms with E-state index in [-0.39, 0.29) is 11.7 Å². The van der Waals surface area contributed by atoms with Gasteiger partial charge in [0.2, 0.25) is 11.7 Å². The van der Waals surface area contributed by atoms with E-state index in [9.17, 15) is 4.79 Å². The molecule has 0 aliphatic carbocycles. The fourth-order valence-corrected chi connectivity index (χ4v) is 2.96. The molecule has 0 aliphatic heterocycles. The Balaban J connectivity index is 1.51. The molecule has 1 N–H and O–H groups in total. The molecule has 0 saturated carbocycles. The third-order valence-corrected chi connectivity index (χ3v) is 4.27. The molecule has 4 heterocycles. The van der Waals surface area contributed by atoms with Crippen molar-refractivity contribution in [3.63, 3.8) is 0 Å². The van der Waals surface area contributed by atoms with Gasteiger partial charge in [-0.3, -0.25) is 15.1 Å². The summed E-state index contributed by atoms with van der Waals surface area (Å²) in [4.78, 5) is 33.0. The van der Waals surface area contributed by atoms with Crippen molar-refractivity contribution in [1.82, 2.24) is 24.9 Å². The van der Waals surface area contributed by atoms with E-state index >= 15 is 0 Å². The second-order valence-electron chi connectivity index (χ2n) is 5.32. The lowest BCUT2D eigenvalue weighted by Gasteiger charge is -2.00. The summed E-state index contributed by atoms with van der Waals surface area (Å²) in [5.41, 5.74) is 3.10. The van der Waals surface area contributed by atoms with Crippen LogP contribution in [0.3, 0.4) is 0 Å². The maximum Gasteiger partial charge on any atom is 0.294 e. The molecule has 0 aromatic carbocycles. The number of hydrogen-bond donors (Lipinski definition) is 1. The SMILES string of the molecule is Cc1cccnc1-c1csc(NC(=O)c2cnc(-c3cncnc3)o2)n1. The normalized spacial score (nSPS) is 10.7. The number of thiazole rings is 1. The summed E-state index contributed by atoms with van der Waals surface area (Å²) in [5.74, 6) is -0.0754. The molecule has 0 radical (unpaired) electrons. The Kier molecular flexibility index (Phi) is 4.20. The number of rotatable bonds is 4. The molecule has 0 spiro atoms. The average Bonchev–Trinajstić information content (AvgIpc) is 3.33. The van der Waals surface area contributed by atoms with E-state index in [2.05, 4.69) is 30.2 Å². The highest BCUT2D eigenvalue weighted by Gasteiger charge is 2.16. The van der Waals surface area contributed by atoms with Crippen molar-refractivity contribution in [2.75, 3.05) is 5.32 Å². The lowest BCUT2D eigenvalue weighted by atomic mass is 10.2. The quantitative estimate of drug-likeness (QED) is 0.592. The lowest BCUT2D eigenvalue weighted by Crippen LogP contribution is -2.10. The minimum atomic E-state index is -0.431. The summed E-state index contributed by atoms with van der Waals surface area (Å²) < 4.78 is 5.48.